The molecule has 4 rings (SSSR count). The Balaban J connectivity index is 1.74. The first-order chi connectivity index (χ1) is 16.3. The molecule has 0 aliphatic carbocycles. The van der Waals surface area contributed by atoms with Crippen LogP contribution >= 0.6 is 0 Å². The molecule has 0 aliphatic rings. The molecule has 1 heterocycles. The highest BCUT2D eigenvalue weighted by atomic mass is 19.4. The van der Waals surface area contributed by atoms with Crippen molar-refractivity contribution < 1.29 is 13.2 Å². The van der Waals surface area contributed by atoms with Crippen LogP contribution in [0.4, 0.5) is 30.2 Å². The van der Waals surface area contributed by atoms with Gasteiger partial charge in [0.15, 0.2) is 0 Å². The first-order valence-corrected chi connectivity index (χ1v) is 10.4. The fourth-order valence-electron chi connectivity index (χ4n) is 3.47. The summed E-state index contributed by atoms with van der Waals surface area (Å²) in [5.74, 6) is 0. The molecular formula is C27H21F3N4. The number of nitrogens with one attached hydrogen (secondary N) is 1. The van der Waals surface area contributed by atoms with Gasteiger partial charge in [0.2, 0.25) is 0 Å². The minimum Gasteiger partial charge on any atom is -0.395 e. The summed E-state index contributed by atoms with van der Waals surface area (Å²) < 4.78 is 38.4. The van der Waals surface area contributed by atoms with E-state index >= 15 is 0 Å². The number of halogens is 3. The Morgan fingerprint density at radius 1 is 0.765 bits per heavy atom. The summed E-state index contributed by atoms with van der Waals surface area (Å²) in [6.07, 6.45) is -2.67. The molecule has 0 spiro atoms. The van der Waals surface area contributed by atoms with Crippen LogP contribution in [-0.2, 0) is 0 Å². The van der Waals surface area contributed by atoms with Crippen LogP contribution in [0.2, 0.25) is 0 Å². The second-order valence-electron chi connectivity index (χ2n) is 7.49. The van der Waals surface area contributed by atoms with Crippen molar-refractivity contribution in [2.45, 2.75) is 6.18 Å². The van der Waals surface area contributed by atoms with E-state index in [1.54, 1.807) is 12.1 Å². The molecule has 34 heavy (non-hydrogen) atoms. The van der Waals surface area contributed by atoms with Crippen LogP contribution in [0, 0.1) is 5.41 Å². The third-order valence-corrected chi connectivity index (χ3v) is 5.15. The smallest absolute Gasteiger partial charge is 0.395 e. The predicted octanol–water partition coefficient (Wildman–Crippen LogP) is 6.99. The summed E-state index contributed by atoms with van der Waals surface area (Å²) in [6.45, 7) is 0. The van der Waals surface area contributed by atoms with Gasteiger partial charge in [-0.25, -0.2) is 0 Å². The van der Waals surface area contributed by atoms with E-state index in [-0.39, 0.29) is 5.69 Å². The standard InChI is InChI=1S/C27H21F3N4/c28-27(29,30)26(32)18-24(31)25-17-23(15-16-33-25)34(21-9-5-2-6-10-21)22-13-11-20(12-14-22)19-7-3-1-4-8-19/h1-18,31H,32H2. The molecule has 3 N–H and O–H groups in total. The Hall–Kier alpha value is -4.39. The van der Waals surface area contributed by atoms with Gasteiger partial charge in [0.05, 0.1) is 11.4 Å². The highest BCUT2D eigenvalue weighted by Gasteiger charge is 2.31. The Kier molecular flexibility index (Phi) is 6.45. The summed E-state index contributed by atoms with van der Waals surface area (Å²) >= 11 is 0. The Morgan fingerprint density at radius 3 is 1.94 bits per heavy atom. The minimum absolute atomic E-state index is 0.0755. The number of anilines is 3. The maximum atomic E-state index is 12.8. The SMILES string of the molecule is N=C(C=C(N)C(F)(F)F)c1cc(N(c2ccccc2)c2ccc(-c3ccccc3)cc2)ccn1. The van der Waals surface area contributed by atoms with Gasteiger partial charge in [-0.1, -0.05) is 60.7 Å². The van der Waals surface area contributed by atoms with E-state index in [1.807, 2.05) is 89.8 Å². The Morgan fingerprint density at radius 2 is 1.32 bits per heavy atom. The lowest BCUT2D eigenvalue weighted by Gasteiger charge is -2.26. The molecule has 4 nitrogen and oxygen atoms in total. The van der Waals surface area contributed by atoms with Gasteiger partial charge >= 0.3 is 6.18 Å². The lowest BCUT2D eigenvalue weighted by molar-refractivity contribution is -0.0925. The third kappa shape index (κ3) is 5.15. The van der Waals surface area contributed by atoms with Gasteiger partial charge in [0.1, 0.15) is 5.70 Å². The van der Waals surface area contributed by atoms with Gasteiger partial charge in [-0.05, 0) is 53.6 Å². The zero-order chi connectivity index (χ0) is 24.1. The number of alkyl halides is 3. The molecule has 1 aromatic heterocycles. The van der Waals surface area contributed by atoms with E-state index < -0.39 is 17.6 Å². The van der Waals surface area contributed by atoms with Crippen molar-refractivity contribution in [2.75, 3.05) is 4.90 Å². The molecule has 0 saturated carbocycles. The van der Waals surface area contributed by atoms with Crippen molar-refractivity contribution in [3.05, 3.63) is 121 Å². The molecular weight excluding hydrogens is 437 g/mol. The van der Waals surface area contributed by atoms with Gasteiger partial charge in [-0.3, -0.25) is 10.4 Å². The molecule has 7 heteroatoms. The molecule has 170 valence electrons. The fraction of sp³-hybridized carbons (Fsp3) is 0.0370. The van der Waals surface area contributed by atoms with Gasteiger partial charge in [0.25, 0.3) is 0 Å². The zero-order valence-electron chi connectivity index (χ0n) is 18.0. The molecule has 0 saturated heterocycles. The lowest BCUT2D eigenvalue weighted by atomic mass is 10.0. The first kappa shape index (κ1) is 22.8. The van der Waals surface area contributed by atoms with Crippen LogP contribution in [0.3, 0.4) is 0 Å². The van der Waals surface area contributed by atoms with Gasteiger partial charge in [0, 0.05) is 23.3 Å². The number of allylic oxidation sites excluding steroid dienone is 2. The van der Waals surface area contributed by atoms with E-state index in [0.29, 0.717) is 11.8 Å². The first-order valence-electron chi connectivity index (χ1n) is 10.4. The average molecular weight is 458 g/mol. The number of rotatable bonds is 6. The van der Waals surface area contributed by atoms with E-state index in [1.165, 1.54) is 6.20 Å². The van der Waals surface area contributed by atoms with Crippen LogP contribution in [-0.4, -0.2) is 16.9 Å². The number of nitrogens with two attached hydrogens (primary N) is 1. The normalized spacial score (nSPS) is 11.8. The van der Waals surface area contributed by atoms with E-state index in [2.05, 4.69) is 4.98 Å². The summed E-state index contributed by atoms with van der Waals surface area (Å²) in [5.41, 5.74) is 7.88. The van der Waals surface area contributed by atoms with Crippen LogP contribution in [0.1, 0.15) is 5.69 Å². The van der Waals surface area contributed by atoms with Gasteiger partial charge < -0.3 is 10.6 Å². The largest absolute Gasteiger partial charge is 0.430 e. The Bertz CT molecular complexity index is 1300. The summed E-state index contributed by atoms with van der Waals surface area (Å²) in [5, 5.41) is 8.07. The molecule has 0 atom stereocenters. The number of aromatic nitrogens is 1. The van der Waals surface area contributed by atoms with Crippen molar-refractivity contribution in [2.24, 2.45) is 5.73 Å². The Labute approximate surface area is 195 Å². The molecule has 0 radical (unpaired) electrons. The topological polar surface area (TPSA) is 66.0 Å². The van der Waals surface area contributed by atoms with Crippen LogP contribution in [0.15, 0.2) is 115 Å². The van der Waals surface area contributed by atoms with Crippen molar-refractivity contribution in [1.82, 2.24) is 4.98 Å². The van der Waals surface area contributed by atoms with Crippen LogP contribution in [0.5, 0.6) is 0 Å². The highest BCUT2D eigenvalue weighted by Crippen LogP contribution is 2.35. The quantitative estimate of drug-likeness (QED) is 0.306. The second-order valence-corrected chi connectivity index (χ2v) is 7.49. The van der Waals surface area contributed by atoms with Crippen LogP contribution < -0.4 is 10.6 Å². The highest BCUT2D eigenvalue weighted by molar-refractivity contribution is 6.06. The number of para-hydroxylation sites is 1. The summed E-state index contributed by atoms with van der Waals surface area (Å²) in [6, 6.07) is 30.8. The number of hydrogen-bond donors (Lipinski definition) is 2. The van der Waals surface area contributed by atoms with Gasteiger partial charge in [-0.2, -0.15) is 13.2 Å². The molecule has 0 fully saturated rings. The zero-order valence-corrected chi connectivity index (χ0v) is 18.0. The third-order valence-electron chi connectivity index (χ3n) is 5.15. The van der Waals surface area contributed by atoms with Crippen molar-refractivity contribution >= 4 is 22.8 Å². The number of pyridine rings is 1. The molecule has 0 aliphatic heterocycles. The maximum absolute atomic E-state index is 12.8. The molecule has 3 aromatic carbocycles. The monoisotopic (exact) mass is 458 g/mol. The summed E-state index contributed by atoms with van der Waals surface area (Å²) in [7, 11) is 0. The van der Waals surface area contributed by atoms with Crippen molar-refractivity contribution in [1.29, 1.82) is 5.41 Å². The molecule has 0 bridgehead atoms. The van der Waals surface area contributed by atoms with E-state index in [4.69, 9.17) is 11.1 Å². The van der Waals surface area contributed by atoms with Crippen LogP contribution in [0.25, 0.3) is 11.1 Å². The molecule has 4 aromatic rings. The maximum Gasteiger partial charge on any atom is 0.430 e. The van der Waals surface area contributed by atoms with Gasteiger partial charge in [-0.15, -0.1) is 0 Å². The predicted molar refractivity (Wildman–Crippen MR) is 130 cm³/mol. The van der Waals surface area contributed by atoms with Crippen molar-refractivity contribution in [3.8, 4) is 11.1 Å². The van der Waals surface area contributed by atoms with Crippen molar-refractivity contribution in [3.63, 3.8) is 0 Å². The number of nitrogens with zero attached hydrogens (tertiary/aromatic N) is 2. The lowest BCUT2D eigenvalue weighted by Crippen LogP contribution is -2.21. The molecule has 0 unspecified atom stereocenters. The fourth-order valence-corrected chi connectivity index (χ4v) is 3.47. The minimum atomic E-state index is -4.71. The number of hydrogen-bond acceptors (Lipinski definition) is 4. The number of benzene rings is 3. The average Bonchev–Trinajstić information content (AvgIpc) is 2.85. The van der Waals surface area contributed by atoms with E-state index in [9.17, 15) is 13.2 Å². The summed E-state index contributed by atoms with van der Waals surface area (Å²) in [4.78, 5) is 6.03. The van der Waals surface area contributed by atoms with E-state index in [0.717, 1.165) is 22.5 Å². The second kappa shape index (κ2) is 9.62. The molecule has 0 amide bonds.